The maximum atomic E-state index is 12.5. The van der Waals surface area contributed by atoms with E-state index in [1.807, 2.05) is 24.3 Å². The second kappa shape index (κ2) is 13.4. The van der Waals surface area contributed by atoms with Crippen LogP contribution in [0.2, 0.25) is 0 Å². The lowest BCUT2D eigenvalue weighted by Gasteiger charge is -2.37. The van der Waals surface area contributed by atoms with Crippen molar-refractivity contribution in [2.24, 2.45) is 5.41 Å². The summed E-state index contributed by atoms with van der Waals surface area (Å²) in [6.45, 7) is 5.49. The number of unbranched alkanes of at least 4 members (excludes halogenated alkanes) is 1. The number of nitrogens with zero attached hydrogens (tertiary/aromatic N) is 6. The first kappa shape index (κ1) is 29.5. The van der Waals surface area contributed by atoms with Crippen molar-refractivity contribution in [2.45, 2.75) is 77.0 Å². The molecule has 9 nitrogen and oxygen atoms in total. The molecule has 2 N–H and O–H groups in total. The van der Waals surface area contributed by atoms with E-state index in [0.717, 1.165) is 93.8 Å². The van der Waals surface area contributed by atoms with Crippen LogP contribution in [-0.2, 0) is 22.4 Å². The zero-order valence-corrected chi connectivity index (χ0v) is 25.3. The molecule has 0 atom stereocenters. The number of aromatic nitrogens is 3. The monoisotopic (exact) mass is 583 g/mol. The van der Waals surface area contributed by atoms with Crippen molar-refractivity contribution in [3.05, 3.63) is 54.0 Å². The number of carbonyl (C=O) groups excluding carboxylic acids is 2. The molecule has 1 saturated carbocycles. The Hall–Kier alpha value is -3.59. The lowest BCUT2D eigenvalue weighted by Crippen LogP contribution is -2.48. The van der Waals surface area contributed by atoms with Gasteiger partial charge in [-0.15, -0.1) is 0 Å². The second-order valence-corrected chi connectivity index (χ2v) is 12.8. The molecule has 1 aromatic carbocycles. The standard InChI is InChI=1S/C21H31N5O2.C13H14N2/c27-18-16-21(6-1-2-7-21)17-19(28)26(18)11-4-3-10-24-12-14-25(15-13-24)20-22-8-5-9-23-20;14-13-9-5-1-3-7-11(9)15-12-8-4-2-6-10(12)13/h5,8-9H,1-4,6-7,10-17H2;1,3,5,7H,2,4,6,8H2,(H2,14,15). The molecule has 0 unspecified atom stereocenters. The summed E-state index contributed by atoms with van der Waals surface area (Å²) < 4.78 is 0. The van der Waals surface area contributed by atoms with Crippen molar-refractivity contribution in [3.8, 4) is 0 Å². The van der Waals surface area contributed by atoms with Gasteiger partial charge in [0.2, 0.25) is 17.8 Å². The highest BCUT2D eigenvalue weighted by atomic mass is 16.2. The third-order valence-corrected chi connectivity index (χ3v) is 9.85. The fourth-order valence-corrected chi connectivity index (χ4v) is 7.40. The van der Waals surface area contributed by atoms with E-state index in [1.165, 1.54) is 41.8 Å². The van der Waals surface area contributed by atoms with E-state index in [2.05, 4.69) is 25.8 Å². The maximum Gasteiger partial charge on any atom is 0.229 e. The Morgan fingerprint density at radius 3 is 2.21 bits per heavy atom. The number of fused-ring (bicyclic) bond motifs is 2. The quantitative estimate of drug-likeness (QED) is 0.326. The van der Waals surface area contributed by atoms with Gasteiger partial charge in [-0.05, 0) is 81.0 Å². The molecule has 2 saturated heterocycles. The summed E-state index contributed by atoms with van der Waals surface area (Å²) in [5.41, 5.74) is 10.7. The van der Waals surface area contributed by atoms with Gasteiger partial charge in [-0.25, -0.2) is 9.97 Å². The van der Waals surface area contributed by atoms with Crippen molar-refractivity contribution in [1.29, 1.82) is 0 Å². The molecule has 2 aliphatic carbocycles. The van der Waals surface area contributed by atoms with E-state index in [1.54, 1.807) is 12.4 Å². The number of benzene rings is 1. The van der Waals surface area contributed by atoms with Gasteiger partial charge in [-0.1, -0.05) is 31.0 Å². The molecule has 2 amide bonds. The van der Waals surface area contributed by atoms with Gasteiger partial charge in [0.15, 0.2) is 0 Å². The molecule has 2 aromatic heterocycles. The molecule has 3 fully saturated rings. The summed E-state index contributed by atoms with van der Waals surface area (Å²) in [5.74, 6) is 0.938. The average molecular weight is 584 g/mol. The molecule has 9 heteroatoms. The number of hydrogen-bond donors (Lipinski definition) is 1. The molecule has 228 valence electrons. The number of carbonyl (C=O) groups is 2. The number of para-hydroxylation sites is 1. The zero-order valence-electron chi connectivity index (χ0n) is 25.3. The molecule has 1 spiro atoms. The molecule has 2 aliphatic heterocycles. The minimum Gasteiger partial charge on any atom is -0.398 e. The zero-order chi connectivity index (χ0) is 29.6. The van der Waals surface area contributed by atoms with Gasteiger partial charge in [0.05, 0.1) is 5.52 Å². The Morgan fingerprint density at radius 2 is 1.47 bits per heavy atom. The number of amides is 2. The van der Waals surface area contributed by atoms with Crippen LogP contribution in [0.4, 0.5) is 11.6 Å². The van der Waals surface area contributed by atoms with E-state index >= 15 is 0 Å². The Labute approximate surface area is 254 Å². The molecule has 0 radical (unpaired) electrons. The summed E-state index contributed by atoms with van der Waals surface area (Å²) in [7, 11) is 0. The third kappa shape index (κ3) is 6.82. The summed E-state index contributed by atoms with van der Waals surface area (Å²) >= 11 is 0. The summed E-state index contributed by atoms with van der Waals surface area (Å²) in [6.07, 6.45) is 15.8. The molecule has 3 aromatic rings. The second-order valence-electron chi connectivity index (χ2n) is 12.8. The number of rotatable bonds is 6. The van der Waals surface area contributed by atoms with Gasteiger partial charge < -0.3 is 10.6 Å². The number of anilines is 2. The van der Waals surface area contributed by atoms with Crippen LogP contribution in [0.15, 0.2) is 42.7 Å². The highest BCUT2D eigenvalue weighted by molar-refractivity contribution is 5.98. The van der Waals surface area contributed by atoms with Crippen molar-refractivity contribution in [3.63, 3.8) is 0 Å². The van der Waals surface area contributed by atoms with E-state index in [-0.39, 0.29) is 17.2 Å². The topological polar surface area (TPSA) is 109 Å². The lowest BCUT2D eigenvalue weighted by molar-refractivity contribution is -0.153. The van der Waals surface area contributed by atoms with E-state index in [9.17, 15) is 9.59 Å². The predicted molar refractivity (Wildman–Crippen MR) is 170 cm³/mol. The number of nitrogens with two attached hydrogens (primary N) is 1. The predicted octanol–water partition coefficient (Wildman–Crippen LogP) is 4.78. The molecule has 7 rings (SSSR count). The van der Waals surface area contributed by atoms with Crippen LogP contribution in [-0.4, -0.2) is 75.8 Å². The van der Waals surface area contributed by atoms with E-state index in [4.69, 9.17) is 10.7 Å². The first-order valence-corrected chi connectivity index (χ1v) is 16.2. The SMILES string of the molecule is Nc1c2c(nc3ccccc13)CCCC2.O=C1CC2(CCCC2)CC(=O)N1CCCCN1CCN(c2ncccn2)CC1. The number of imide groups is 1. The number of pyridine rings is 1. The Bertz CT molecular complexity index is 1400. The van der Waals surface area contributed by atoms with Crippen LogP contribution in [0.25, 0.3) is 10.9 Å². The van der Waals surface area contributed by atoms with Crippen molar-refractivity contribution in [1.82, 2.24) is 24.8 Å². The number of hydrogen-bond acceptors (Lipinski definition) is 8. The van der Waals surface area contributed by atoms with Crippen LogP contribution in [0.5, 0.6) is 0 Å². The average Bonchev–Trinajstić information content (AvgIpc) is 3.48. The number of likely N-dealkylation sites (tertiary alicyclic amines) is 1. The van der Waals surface area contributed by atoms with Crippen molar-refractivity contribution in [2.75, 3.05) is 49.9 Å². The van der Waals surface area contributed by atoms with E-state index in [0.29, 0.717) is 19.4 Å². The van der Waals surface area contributed by atoms with Gasteiger partial charge in [0.25, 0.3) is 0 Å². The van der Waals surface area contributed by atoms with Gasteiger partial charge >= 0.3 is 0 Å². The van der Waals surface area contributed by atoms with Crippen LogP contribution in [0.3, 0.4) is 0 Å². The highest BCUT2D eigenvalue weighted by Crippen LogP contribution is 2.46. The van der Waals surface area contributed by atoms with Crippen molar-refractivity contribution < 1.29 is 9.59 Å². The minimum atomic E-state index is 0.00676. The normalized spacial score (nSPS) is 20.3. The van der Waals surface area contributed by atoms with Gasteiger partial charge in [0, 0.05) is 74.7 Å². The molecule has 0 bridgehead atoms. The van der Waals surface area contributed by atoms with Gasteiger partial charge in [0.1, 0.15) is 0 Å². The first-order valence-electron chi connectivity index (χ1n) is 16.2. The summed E-state index contributed by atoms with van der Waals surface area (Å²) in [5, 5.41) is 1.11. The maximum absolute atomic E-state index is 12.5. The Balaban J connectivity index is 0.000000183. The van der Waals surface area contributed by atoms with Crippen LogP contribution >= 0.6 is 0 Å². The largest absolute Gasteiger partial charge is 0.398 e. The summed E-state index contributed by atoms with van der Waals surface area (Å²) in [6, 6.07) is 9.98. The van der Waals surface area contributed by atoms with Crippen LogP contribution in [0.1, 0.15) is 75.5 Å². The molecule has 4 aliphatic rings. The van der Waals surface area contributed by atoms with Crippen LogP contribution in [0, 0.1) is 5.41 Å². The van der Waals surface area contributed by atoms with Crippen LogP contribution < -0.4 is 10.6 Å². The molecule has 4 heterocycles. The fraction of sp³-hybridized carbons (Fsp3) is 0.559. The highest BCUT2D eigenvalue weighted by Gasteiger charge is 2.44. The first-order chi connectivity index (χ1) is 21.0. The smallest absolute Gasteiger partial charge is 0.229 e. The number of aryl methyl sites for hydroxylation is 1. The minimum absolute atomic E-state index is 0.00676. The number of piperazine rings is 1. The van der Waals surface area contributed by atoms with E-state index < -0.39 is 0 Å². The van der Waals surface area contributed by atoms with Crippen molar-refractivity contribution >= 4 is 34.4 Å². The fourth-order valence-electron chi connectivity index (χ4n) is 7.40. The number of piperidine rings is 1. The molecular weight excluding hydrogens is 538 g/mol. The summed E-state index contributed by atoms with van der Waals surface area (Å²) in [4.78, 5) is 44.6. The lowest BCUT2D eigenvalue weighted by atomic mass is 9.76. The Morgan fingerprint density at radius 1 is 0.791 bits per heavy atom. The van der Waals surface area contributed by atoms with Gasteiger partial charge in [-0.3, -0.25) is 24.4 Å². The van der Waals surface area contributed by atoms with Gasteiger partial charge in [-0.2, -0.15) is 0 Å². The Kier molecular flexibility index (Phi) is 9.17. The molecule has 43 heavy (non-hydrogen) atoms. The third-order valence-electron chi connectivity index (χ3n) is 9.85. The molecular formula is C34H45N7O2. The number of nitrogen functional groups attached to an aromatic ring is 1.